The van der Waals surface area contributed by atoms with Crippen LogP contribution in [0.3, 0.4) is 0 Å². The molecule has 3 unspecified atom stereocenters. The zero-order valence-electron chi connectivity index (χ0n) is 12.6. The summed E-state index contributed by atoms with van der Waals surface area (Å²) in [5, 5.41) is 1.38. The first kappa shape index (κ1) is 16.3. The number of halogens is 1. The normalized spacial score (nSPS) is 27.2. The molecule has 1 saturated heterocycles. The third-order valence-electron chi connectivity index (χ3n) is 4.12. The highest BCUT2D eigenvalue weighted by Crippen LogP contribution is 2.31. The van der Waals surface area contributed by atoms with E-state index in [2.05, 4.69) is 77.6 Å². The first-order valence-electron chi connectivity index (χ1n) is 7.28. The quantitative estimate of drug-likeness (QED) is 0.894. The van der Waals surface area contributed by atoms with E-state index in [1.807, 2.05) is 0 Å². The van der Waals surface area contributed by atoms with Crippen LogP contribution in [0.15, 0.2) is 28.7 Å². The van der Waals surface area contributed by atoms with E-state index in [9.17, 15) is 0 Å². The van der Waals surface area contributed by atoms with Crippen LogP contribution in [-0.2, 0) is 6.42 Å². The minimum Gasteiger partial charge on any atom is -0.329 e. The van der Waals surface area contributed by atoms with Gasteiger partial charge in [-0.3, -0.25) is 4.90 Å². The zero-order valence-corrected chi connectivity index (χ0v) is 15.0. The highest BCUT2D eigenvalue weighted by Gasteiger charge is 2.35. The van der Waals surface area contributed by atoms with Gasteiger partial charge in [-0.1, -0.05) is 41.9 Å². The van der Waals surface area contributed by atoms with Gasteiger partial charge < -0.3 is 5.73 Å². The summed E-state index contributed by atoms with van der Waals surface area (Å²) in [5.41, 5.74) is 7.56. The van der Waals surface area contributed by atoms with E-state index in [0.29, 0.717) is 17.0 Å². The summed E-state index contributed by atoms with van der Waals surface area (Å²) in [5.74, 6) is 0. The summed E-state index contributed by atoms with van der Waals surface area (Å²) in [4.78, 5) is 2.60. The topological polar surface area (TPSA) is 29.3 Å². The van der Waals surface area contributed by atoms with Crippen LogP contribution >= 0.6 is 27.7 Å². The van der Waals surface area contributed by atoms with Crippen molar-refractivity contribution in [3.63, 3.8) is 0 Å². The van der Waals surface area contributed by atoms with Crippen LogP contribution in [0.5, 0.6) is 0 Å². The molecule has 0 aromatic heterocycles. The Morgan fingerprint density at radius 2 is 1.80 bits per heavy atom. The van der Waals surface area contributed by atoms with Gasteiger partial charge in [-0.15, -0.1) is 0 Å². The van der Waals surface area contributed by atoms with Gasteiger partial charge in [0.05, 0.1) is 0 Å². The van der Waals surface area contributed by atoms with Gasteiger partial charge in [0.2, 0.25) is 0 Å². The van der Waals surface area contributed by atoms with Crippen molar-refractivity contribution in [1.82, 2.24) is 4.90 Å². The van der Waals surface area contributed by atoms with Crippen molar-refractivity contribution in [3.8, 4) is 0 Å². The maximum Gasteiger partial charge on any atom is 0.0344 e. The molecule has 1 fully saturated rings. The van der Waals surface area contributed by atoms with Crippen LogP contribution in [0.1, 0.15) is 26.3 Å². The fourth-order valence-corrected chi connectivity index (χ4v) is 4.56. The first-order valence-corrected chi connectivity index (χ1v) is 9.01. The Labute approximate surface area is 135 Å². The molecule has 112 valence electrons. The van der Waals surface area contributed by atoms with Crippen LogP contribution in [-0.4, -0.2) is 40.6 Å². The molecule has 1 aliphatic heterocycles. The fourth-order valence-electron chi connectivity index (χ4n) is 2.97. The number of nitrogens with zero attached hydrogens (tertiary/aromatic N) is 1. The van der Waals surface area contributed by atoms with Gasteiger partial charge in [0, 0.05) is 40.1 Å². The summed E-state index contributed by atoms with van der Waals surface area (Å²) >= 11 is 5.59. The minimum atomic E-state index is 0.0529. The Kier molecular flexibility index (Phi) is 5.57. The number of hydrogen-bond donors (Lipinski definition) is 1. The molecule has 1 aliphatic rings. The Balaban J connectivity index is 2.13. The molecule has 0 radical (unpaired) electrons. The molecule has 2 N–H and O–H groups in total. The highest BCUT2D eigenvalue weighted by molar-refractivity contribution is 9.10. The SMILES string of the molecule is CC1CN(C(C)(CN)Cc2ccc(Br)cc2)CC(C)S1. The standard InChI is InChI=1S/C16H25BrN2S/c1-12-9-19(10-13(2)20-12)16(3,11-18)8-14-4-6-15(17)7-5-14/h4-7,12-13H,8-11,18H2,1-3H3. The number of nitrogens with two attached hydrogens (primary N) is 1. The van der Waals surface area contributed by atoms with E-state index in [1.165, 1.54) is 5.56 Å². The van der Waals surface area contributed by atoms with Gasteiger partial charge in [0.25, 0.3) is 0 Å². The van der Waals surface area contributed by atoms with Crippen LogP contribution in [0.4, 0.5) is 0 Å². The van der Waals surface area contributed by atoms with Crippen molar-refractivity contribution in [2.75, 3.05) is 19.6 Å². The summed E-state index contributed by atoms with van der Waals surface area (Å²) in [7, 11) is 0. The van der Waals surface area contributed by atoms with Gasteiger partial charge >= 0.3 is 0 Å². The minimum absolute atomic E-state index is 0.0529. The smallest absolute Gasteiger partial charge is 0.0344 e. The van der Waals surface area contributed by atoms with Crippen LogP contribution in [0, 0.1) is 0 Å². The molecule has 0 bridgehead atoms. The number of thioether (sulfide) groups is 1. The van der Waals surface area contributed by atoms with Gasteiger partial charge in [-0.25, -0.2) is 0 Å². The fraction of sp³-hybridized carbons (Fsp3) is 0.625. The molecule has 0 amide bonds. The second kappa shape index (κ2) is 6.82. The second-order valence-corrected chi connectivity index (χ2v) is 8.96. The van der Waals surface area contributed by atoms with E-state index in [-0.39, 0.29) is 5.54 Å². The predicted molar refractivity (Wildman–Crippen MR) is 93.4 cm³/mol. The number of rotatable bonds is 4. The lowest BCUT2D eigenvalue weighted by Gasteiger charge is -2.46. The van der Waals surface area contributed by atoms with Crippen molar-refractivity contribution >= 4 is 27.7 Å². The molecule has 1 heterocycles. The first-order chi connectivity index (χ1) is 9.43. The van der Waals surface area contributed by atoms with Gasteiger partial charge in [-0.2, -0.15) is 11.8 Å². The maximum absolute atomic E-state index is 6.15. The molecule has 20 heavy (non-hydrogen) atoms. The van der Waals surface area contributed by atoms with Gasteiger partial charge in [0.1, 0.15) is 0 Å². The van der Waals surface area contributed by atoms with Crippen LogP contribution < -0.4 is 5.73 Å². The number of benzene rings is 1. The maximum atomic E-state index is 6.15. The molecular weight excluding hydrogens is 332 g/mol. The molecule has 2 rings (SSSR count). The lowest BCUT2D eigenvalue weighted by Crippen LogP contribution is -2.58. The van der Waals surface area contributed by atoms with Gasteiger partial charge in [-0.05, 0) is 31.0 Å². The Hall–Kier alpha value is -0.0300. The van der Waals surface area contributed by atoms with E-state index < -0.39 is 0 Å². The van der Waals surface area contributed by atoms with Crippen molar-refractivity contribution in [1.29, 1.82) is 0 Å². The monoisotopic (exact) mass is 356 g/mol. The summed E-state index contributed by atoms with van der Waals surface area (Å²) < 4.78 is 1.13. The summed E-state index contributed by atoms with van der Waals surface area (Å²) in [6.45, 7) is 9.93. The molecular formula is C16H25BrN2S. The van der Waals surface area contributed by atoms with Gasteiger partial charge in [0.15, 0.2) is 0 Å². The Bertz CT molecular complexity index is 427. The van der Waals surface area contributed by atoms with Crippen molar-refractivity contribution in [2.45, 2.75) is 43.2 Å². The number of hydrogen-bond acceptors (Lipinski definition) is 3. The van der Waals surface area contributed by atoms with Crippen molar-refractivity contribution in [3.05, 3.63) is 34.3 Å². The van der Waals surface area contributed by atoms with Crippen LogP contribution in [0.2, 0.25) is 0 Å². The molecule has 2 nitrogen and oxygen atoms in total. The second-order valence-electron chi connectivity index (χ2n) is 6.17. The highest BCUT2D eigenvalue weighted by atomic mass is 79.9. The average Bonchev–Trinajstić information content (AvgIpc) is 2.40. The molecule has 1 aromatic rings. The molecule has 0 aliphatic carbocycles. The molecule has 0 saturated carbocycles. The predicted octanol–water partition coefficient (Wildman–Crippen LogP) is 3.53. The molecule has 1 aromatic carbocycles. The largest absolute Gasteiger partial charge is 0.329 e. The van der Waals surface area contributed by atoms with Crippen molar-refractivity contribution < 1.29 is 0 Å². The zero-order chi connectivity index (χ0) is 14.8. The third-order valence-corrected chi connectivity index (χ3v) is 5.88. The van der Waals surface area contributed by atoms with E-state index in [4.69, 9.17) is 5.73 Å². The van der Waals surface area contributed by atoms with Crippen molar-refractivity contribution in [2.24, 2.45) is 5.73 Å². The summed E-state index contributed by atoms with van der Waals surface area (Å²) in [6.07, 6.45) is 1.01. The molecule has 3 atom stereocenters. The average molecular weight is 357 g/mol. The molecule has 0 spiro atoms. The van der Waals surface area contributed by atoms with Crippen LogP contribution in [0.25, 0.3) is 0 Å². The van der Waals surface area contributed by atoms with E-state index >= 15 is 0 Å². The third kappa shape index (κ3) is 4.00. The van der Waals surface area contributed by atoms with E-state index in [1.54, 1.807) is 0 Å². The lowest BCUT2D eigenvalue weighted by atomic mass is 9.90. The lowest BCUT2D eigenvalue weighted by molar-refractivity contribution is 0.108. The summed E-state index contributed by atoms with van der Waals surface area (Å²) in [6, 6.07) is 8.63. The van der Waals surface area contributed by atoms with E-state index in [0.717, 1.165) is 24.0 Å². The Morgan fingerprint density at radius 1 is 1.25 bits per heavy atom. The Morgan fingerprint density at radius 3 is 2.30 bits per heavy atom. The molecule has 4 heteroatoms.